The van der Waals surface area contributed by atoms with Crippen LogP contribution in [0.5, 0.6) is 5.88 Å². The number of aromatic hydroxyl groups is 1. The quantitative estimate of drug-likeness (QED) is 0.682. The first-order valence-electron chi connectivity index (χ1n) is 7.94. The van der Waals surface area contributed by atoms with Crippen LogP contribution >= 0.6 is 0 Å². The number of nitrogens with one attached hydrogen (secondary N) is 1. The summed E-state index contributed by atoms with van der Waals surface area (Å²) in [5, 5.41) is 15.3. The highest BCUT2D eigenvalue weighted by Crippen LogP contribution is 2.35. The van der Waals surface area contributed by atoms with Gasteiger partial charge in [0.05, 0.1) is 13.2 Å². The van der Waals surface area contributed by atoms with Gasteiger partial charge in [-0.15, -0.1) is 0 Å². The number of aromatic nitrogens is 1. The van der Waals surface area contributed by atoms with Gasteiger partial charge in [-0.25, -0.2) is 0 Å². The van der Waals surface area contributed by atoms with Gasteiger partial charge in [0, 0.05) is 10.8 Å². The third-order valence-corrected chi connectivity index (χ3v) is 3.84. The van der Waals surface area contributed by atoms with E-state index in [2.05, 4.69) is 5.32 Å². The number of hydrogen-bond acceptors (Lipinski definition) is 4. The molecule has 24 heavy (non-hydrogen) atoms. The molecule has 1 heterocycles. The van der Waals surface area contributed by atoms with Crippen LogP contribution in [0.2, 0.25) is 0 Å². The fraction of sp³-hybridized carbons (Fsp3) is 0.211. The second-order valence-corrected chi connectivity index (χ2v) is 5.45. The zero-order valence-corrected chi connectivity index (χ0v) is 13.5. The van der Waals surface area contributed by atoms with Crippen molar-refractivity contribution in [3.05, 3.63) is 60.2 Å². The number of carbonyl (C=O) groups is 1. The highest BCUT2D eigenvalue weighted by molar-refractivity contribution is 5.98. The first-order chi connectivity index (χ1) is 11.7. The summed E-state index contributed by atoms with van der Waals surface area (Å²) in [6.07, 6.45) is 0. The first kappa shape index (κ1) is 15.9. The van der Waals surface area contributed by atoms with Gasteiger partial charge in [-0.05, 0) is 18.6 Å². The molecule has 0 amide bonds. The number of fused-ring (bicyclic) bond motifs is 1. The summed E-state index contributed by atoms with van der Waals surface area (Å²) >= 11 is 0. The van der Waals surface area contributed by atoms with Crippen molar-refractivity contribution in [2.75, 3.05) is 18.5 Å². The minimum atomic E-state index is -0.325. The molecule has 2 aromatic carbocycles. The fourth-order valence-electron chi connectivity index (χ4n) is 2.76. The summed E-state index contributed by atoms with van der Waals surface area (Å²) in [7, 11) is 0. The van der Waals surface area contributed by atoms with E-state index in [9.17, 15) is 9.90 Å². The molecule has 0 aliphatic rings. The van der Waals surface area contributed by atoms with Crippen molar-refractivity contribution in [3.8, 4) is 5.88 Å². The van der Waals surface area contributed by atoms with E-state index < -0.39 is 0 Å². The Hall–Kier alpha value is -2.95. The summed E-state index contributed by atoms with van der Waals surface area (Å²) < 4.78 is 6.74. The van der Waals surface area contributed by atoms with Gasteiger partial charge < -0.3 is 15.2 Å². The molecule has 5 heteroatoms. The van der Waals surface area contributed by atoms with Crippen molar-refractivity contribution >= 4 is 22.6 Å². The minimum Gasteiger partial charge on any atom is -0.494 e. The maximum atomic E-state index is 11.7. The molecule has 3 aromatic rings. The zero-order valence-electron chi connectivity index (χ0n) is 13.5. The monoisotopic (exact) mass is 324 g/mol. The summed E-state index contributed by atoms with van der Waals surface area (Å²) in [6, 6.07) is 17.4. The van der Waals surface area contributed by atoms with Crippen LogP contribution in [0, 0.1) is 0 Å². The topological polar surface area (TPSA) is 63.5 Å². The molecule has 0 fully saturated rings. The molecule has 2 N–H and O–H groups in total. The van der Waals surface area contributed by atoms with Crippen LogP contribution in [0.3, 0.4) is 0 Å². The normalized spacial score (nSPS) is 10.7. The largest absolute Gasteiger partial charge is 0.494 e. The molecular formula is C19H20N2O3. The standard InChI is InChI=1S/C19H20N2O3/c1-2-24-17(22)12-20-18-15-10-6-7-11-16(15)19(23)21(18)13-14-8-4-3-5-9-14/h3-11,20,23H,2,12-13H2,1H3. The van der Waals surface area contributed by atoms with Crippen molar-refractivity contribution in [2.24, 2.45) is 0 Å². The van der Waals surface area contributed by atoms with E-state index in [1.807, 2.05) is 54.6 Å². The number of anilines is 1. The highest BCUT2D eigenvalue weighted by Gasteiger charge is 2.17. The summed E-state index contributed by atoms with van der Waals surface area (Å²) in [6.45, 7) is 2.68. The van der Waals surface area contributed by atoms with Gasteiger partial charge in [0.1, 0.15) is 12.4 Å². The van der Waals surface area contributed by atoms with Crippen LogP contribution in [-0.4, -0.2) is 28.8 Å². The fourth-order valence-corrected chi connectivity index (χ4v) is 2.76. The Morgan fingerprint density at radius 1 is 1.08 bits per heavy atom. The molecule has 0 saturated carbocycles. The van der Waals surface area contributed by atoms with E-state index in [0.717, 1.165) is 16.3 Å². The van der Waals surface area contributed by atoms with Gasteiger partial charge in [0.15, 0.2) is 0 Å². The van der Waals surface area contributed by atoms with E-state index >= 15 is 0 Å². The number of rotatable bonds is 6. The predicted octanol–water partition coefficient (Wildman–Crippen LogP) is 3.37. The Morgan fingerprint density at radius 3 is 2.46 bits per heavy atom. The molecule has 0 unspecified atom stereocenters. The van der Waals surface area contributed by atoms with Crippen molar-refractivity contribution < 1.29 is 14.6 Å². The molecule has 0 spiro atoms. The first-order valence-corrected chi connectivity index (χ1v) is 7.94. The van der Waals surface area contributed by atoms with Gasteiger partial charge in [-0.1, -0.05) is 48.5 Å². The summed E-state index contributed by atoms with van der Waals surface area (Å²) in [5.74, 6) is 0.564. The van der Waals surface area contributed by atoms with E-state index in [1.54, 1.807) is 11.5 Å². The Balaban J connectivity index is 1.98. The van der Waals surface area contributed by atoms with Crippen LogP contribution in [0.25, 0.3) is 10.8 Å². The summed E-state index contributed by atoms with van der Waals surface area (Å²) in [4.78, 5) is 11.7. The van der Waals surface area contributed by atoms with E-state index in [-0.39, 0.29) is 18.4 Å². The molecule has 0 saturated heterocycles. The Morgan fingerprint density at radius 2 is 1.75 bits per heavy atom. The third-order valence-electron chi connectivity index (χ3n) is 3.84. The lowest BCUT2D eigenvalue weighted by atomic mass is 10.2. The van der Waals surface area contributed by atoms with Crippen molar-refractivity contribution in [3.63, 3.8) is 0 Å². The number of nitrogens with zero attached hydrogens (tertiary/aromatic N) is 1. The number of hydrogen-bond donors (Lipinski definition) is 2. The van der Waals surface area contributed by atoms with Crippen LogP contribution in [0.15, 0.2) is 54.6 Å². The van der Waals surface area contributed by atoms with Crippen LogP contribution in [0.1, 0.15) is 12.5 Å². The lowest BCUT2D eigenvalue weighted by Gasteiger charge is -2.12. The Bertz CT molecular complexity index is 840. The molecular weight excluding hydrogens is 304 g/mol. The third kappa shape index (κ3) is 3.20. The Kier molecular flexibility index (Phi) is 4.70. The van der Waals surface area contributed by atoms with Crippen LogP contribution in [0.4, 0.5) is 5.82 Å². The molecule has 5 nitrogen and oxygen atoms in total. The Labute approximate surface area is 140 Å². The van der Waals surface area contributed by atoms with E-state index in [4.69, 9.17) is 4.74 Å². The smallest absolute Gasteiger partial charge is 0.325 e. The lowest BCUT2D eigenvalue weighted by molar-refractivity contribution is -0.140. The minimum absolute atomic E-state index is 0.0517. The number of benzene rings is 2. The SMILES string of the molecule is CCOC(=O)CNc1c2ccccc2c(O)n1Cc1ccccc1. The van der Waals surface area contributed by atoms with Gasteiger partial charge in [-0.2, -0.15) is 0 Å². The number of carbonyl (C=O) groups excluding carboxylic acids is 1. The number of ether oxygens (including phenoxy) is 1. The molecule has 0 radical (unpaired) electrons. The predicted molar refractivity (Wildman–Crippen MR) is 94.3 cm³/mol. The molecule has 124 valence electrons. The maximum Gasteiger partial charge on any atom is 0.325 e. The van der Waals surface area contributed by atoms with Crippen molar-refractivity contribution in [2.45, 2.75) is 13.5 Å². The second-order valence-electron chi connectivity index (χ2n) is 5.45. The van der Waals surface area contributed by atoms with Crippen molar-refractivity contribution in [1.82, 2.24) is 4.57 Å². The van der Waals surface area contributed by atoms with E-state index in [0.29, 0.717) is 19.0 Å². The molecule has 0 bridgehead atoms. The number of esters is 1. The van der Waals surface area contributed by atoms with Crippen molar-refractivity contribution in [1.29, 1.82) is 0 Å². The van der Waals surface area contributed by atoms with Crippen LogP contribution in [-0.2, 0) is 16.1 Å². The highest BCUT2D eigenvalue weighted by atomic mass is 16.5. The molecule has 0 aliphatic carbocycles. The van der Waals surface area contributed by atoms with Gasteiger partial charge in [0.25, 0.3) is 0 Å². The maximum absolute atomic E-state index is 11.7. The average molecular weight is 324 g/mol. The van der Waals surface area contributed by atoms with Crippen LogP contribution < -0.4 is 5.32 Å². The molecule has 1 aromatic heterocycles. The van der Waals surface area contributed by atoms with Gasteiger partial charge in [-0.3, -0.25) is 9.36 Å². The molecule has 0 atom stereocenters. The second kappa shape index (κ2) is 7.08. The molecule has 3 rings (SSSR count). The van der Waals surface area contributed by atoms with Gasteiger partial charge >= 0.3 is 5.97 Å². The van der Waals surface area contributed by atoms with Gasteiger partial charge in [0.2, 0.25) is 5.88 Å². The average Bonchev–Trinajstić information content (AvgIpc) is 2.87. The lowest BCUT2D eigenvalue weighted by Crippen LogP contribution is -2.18. The summed E-state index contributed by atoms with van der Waals surface area (Å²) in [5.41, 5.74) is 1.06. The van der Waals surface area contributed by atoms with E-state index in [1.165, 1.54) is 0 Å². The molecule has 0 aliphatic heterocycles. The zero-order chi connectivity index (χ0) is 16.9.